The fourth-order valence-corrected chi connectivity index (χ4v) is 6.53. The van der Waals surface area contributed by atoms with Gasteiger partial charge in [-0.15, -0.1) is 0 Å². The Morgan fingerprint density at radius 2 is 1.66 bits per heavy atom. The molecule has 5 rings (SSSR count). The van der Waals surface area contributed by atoms with Crippen molar-refractivity contribution in [2.24, 2.45) is 0 Å². The van der Waals surface area contributed by atoms with Crippen molar-refractivity contribution in [3.8, 4) is 11.5 Å². The summed E-state index contributed by atoms with van der Waals surface area (Å²) >= 11 is 13.2. The first kappa shape index (κ1) is 31.7. The van der Waals surface area contributed by atoms with Gasteiger partial charge in [-0.2, -0.15) is 18.2 Å². The molecule has 1 amide bonds. The maximum absolute atomic E-state index is 13.4. The van der Waals surface area contributed by atoms with Gasteiger partial charge in [-0.3, -0.25) is 4.79 Å². The van der Waals surface area contributed by atoms with E-state index in [1.54, 1.807) is 0 Å². The molecule has 0 unspecified atom stereocenters. The molecule has 1 heterocycles. The molecule has 0 aliphatic heterocycles. The van der Waals surface area contributed by atoms with E-state index >= 15 is 0 Å². The summed E-state index contributed by atoms with van der Waals surface area (Å²) < 4.78 is 83.0. The van der Waals surface area contributed by atoms with Crippen LogP contribution in [0.1, 0.15) is 31.2 Å². The molecule has 15 heteroatoms. The second kappa shape index (κ2) is 12.0. The van der Waals surface area contributed by atoms with Crippen molar-refractivity contribution in [1.82, 2.24) is 10.1 Å². The zero-order chi connectivity index (χ0) is 31.9. The number of halogens is 6. The molecule has 1 aliphatic carbocycles. The molecule has 8 nitrogen and oxygen atoms in total. The third-order valence-electron chi connectivity index (χ3n) is 7.15. The minimum atomic E-state index is -4.65. The Hall–Kier alpha value is -3.68. The average Bonchev–Trinajstić information content (AvgIpc) is 3.58. The summed E-state index contributed by atoms with van der Waals surface area (Å²) in [5, 5.41) is 6.98. The van der Waals surface area contributed by atoms with E-state index in [0.29, 0.717) is 29.8 Å². The smallest absolute Gasteiger partial charge is 0.353 e. The number of nitrogens with one attached hydrogen (secondary N) is 1. The van der Waals surface area contributed by atoms with Crippen LogP contribution in [0.15, 0.2) is 70.1 Å². The second-order valence-electron chi connectivity index (χ2n) is 10.2. The summed E-state index contributed by atoms with van der Waals surface area (Å²) in [6.07, 6.45) is -3.44. The van der Waals surface area contributed by atoms with Crippen molar-refractivity contribution in [3.63, 3.8) is 0 Å². The fourth-order valence-electron chi connectivity index (χ4n) is 4.80. The number of carbonyl (C=O) groups excluding carboxylic acids is 1. The quantitative estimate of drug-likeness (QED) is 0.180. The predicted octanol–water partition coefficient (Wildman–Crippen LogP) is 7.06. The standard InChI is InChI=1S/C29H24Cl2F4N4O4S/c1-2-44(41,42)21-9-7-20(8-10-21)39(16-29(33,34)35)15-24(40)36-19-13-22(30)25(23(31)14-19)28(11-12-28)27-37-26(43-38-27)17-3-5-18(32)6-4-17/h3-10,13-14H,2,11-12,15-16H2,1H3,(H,36,40). The Morgan fingerprint density at radius 3 is 2.20 bits per heavy atom. The number of hydrogen-bond acceptors (Lipinski definition) is 7. The minimum Gasteiger partial charge on any atom is -0.353 e. The van der Waals surface area contributed by atoms with Gasteiger partial charge >= 0.3 is 6.18 Å². The van der Waals surface area contributed by atoms with E-state index < -0.39 is 46.2 Å². The van der Waals surface area contributed by atoms with Crippen LogP contribution in [0.4, 0.5) is 28.9 Å². The van der Waals surface area contributed by atoms with Gasteiger partial charge in [0, 0.05) is 32.5 Å². The zero-order valence-corrected chi connectivity index (χ0v) is 25.3. The zero-order valence-electron chi connectivity index (χ0n) is 23.0. The van der Waals surface area contributed by atoms with Gasteiger partial charge in [0.15, 0.2) is 15.7 Å². The maximum Gasteiger partial charge on any atom is 0.405 e. The molecule has 1 N–H and O–H groups in total. The van der Waals surface area contributed by atoms with Crippen LogP contribution in [-0.2, 0) is 20.0 Å². The Bertz CT molecular complexity index is 1770. The third-order valence-corrected chi connectivity index (χ3v) is 9.49. The number of benzene rings is 3. The molecule has 1 saturated carbocycles. The number of amides is 1. The summed E-state index contributed by atoms with van der Waals surface area (Å²) in [5.74, 6) is -0.851. The van der Waals surface area contributed by atoms with Crippen LogP contribution in [0.3, 0.4) is 0 Å². The Kier molecular flexibility index (Phi) is 8.67. The van der Waals surface area contributed by atoms with E-state index in [1.165, 1.54) is 67.6 Å². The normalized spacial score (nSPS) is 14.3. The van der Waals surface area contributed by atoms with Crippen LogP contribution < -0.4 is 10.2 Å². The van der Waals surface area contributed by atoms with Crippen molar-refractivity contribution in [2.75, 3.05) is 29.1 Å². The summed E-state index contributed by atoms with van der Waals surface area (Å²) in [4.78, 5) is 18.1. The molecule has 4 aromatic rings. The first-order chi connectivity index (χ1) is 20.7. The lowest BCUT2D eigenvalue weighted by molar-refractivity contribution is -0.122. The van der Waals surface area contributed by atoms with E-state index in [2.05, 4.69) is 15.5 Å². The van der Waals surface area contributed by atoms with Crippen LogP contribution in [0.2, 0.25) is 10.0 Å². The number of nitrogens with zero attached hydrogens (tertiary/aromatic N) is 3. The van der Waals surface area contributed by atoms with Gasteiger partial charge < -0.3 is 14.7 Å². The summed E-state index contributed by atoms with van der Waals surface area (Å²) in [5.41, 5.74) is 0.443. The van der Waals surface area contributed by atoms with Gasteiger partial charge in [-0.25, -0.2) is 12.8 Å². The first-order valence-electron chi connectivity index (χ1n) is 13.2. The van der Waals surface area contributed by atoms with E-state index in [4.69, 9.17) is 27.7 Å². The van der Waals surface area contributed by atoms with E-state index in [1.807, 2.05) is 0 Å². The number of alkyl halides is 3. The summed E-state index contributed by atoms with van der Waals surface area (Å²) in [7, 11) is -3.56. The average molecular weight is 672 g/mol. The lowest BCUT2D eigenvalue weighted by atomic mass is 9.94. The SMILES string of the molecule is CCS(=O)(=O)c1ccc(N(CC(=O)Nc2cc(Cl)c(C3(c4noc(-c5ccc(F)cc5)n4)CC3)c(Cl)c2)CC(F)(F)F)cc1. The third kappa shape index (κ3) is 6.84. The van der Waals surface area contributed by atoms with Gasteiger partial charge in [-0.05, 0) is 73.5 Å². The van der Waals surface area contributed by atoms with Crippen molar-refractivity contribution in [2.45, 2.75) is 36.3 Å². The topological polar surface area (TPSA) is 105 Å². The van der Waals surface area contributed by atoms with Crippen molar-refractivity contribution in [1.29, 1.82) is 0 Å². The second-order valence-corrected chi connectivity index (χ2v) is 13.3. The monoisotopic (exact) mass is 670 g/mol. The molecule has 1 fully saturated rings. The summed E-state index contributed by atoms with van der Waals surface area (Å²) in [6.45, 7) is -0.695. The first-order valence-corrected chi connectivity index (χ1v) is 15.7. The highest BCUT2D eigenvalue weighted by molar-refractivity contribution is 7.91. The van der Waals surface area contributed by atoms with Crippen LogP contribution in [0.25, 0.3) is 11.5 Å². The summed E-state index contributed by atoms with van der Waals surface area (Å²) in [6, 6.07) is 13.3. The fraction of sp³-hybridized carbons (Fsp3) is 0.276. The predicted molar refractivity (Wildman–Crippen MR) is 157 cm³/mol. The molecular formula is C29H24Cl2F4N4O4S. The molecule has 0 radical (unpaired) electrons. The molecule has 3 aromatic carbocycles. The Morgan fingerprint density at radius 1 is 1.05 bits per heavy atom. The Labute approximate surface area is 259 Å². The molecule has 1 aromatic heterocycles. The largest absolute Gasteiger partial charge is 0.405 e. The van der Waals surface area contributed by atoms with Gasteiger partial charge in [0.2, 0.25) is 5.91 Å². The number of rotatable bonds is 10. The Balaban J connectivity index is 1.34. The lowest BCUT2D eigenvalue weighted by Gasteiger charge is -2.26. The molecule has 0 spiro atoms. The lowest BCUT2D eigenvalue weighted by Crippen LogP contribution is -2.39. The van der Waals surface area contributed by atoms with Gasteiger partial charge in [0.25, 0.3) is 5.89 Å². The highest BCUT2D eigenvalue weighted by Crippen LogP contribution is 2.57. The number of aromatic nitrogens is 2. The van der Waals surface area contributed by atoms with Crippen LogP contribution in [0, 0.1) is 5.82 Å². The van der Waals surface area contributed by atoms with Gasteiger partial charge in [0.05, 0.1) is 22.6 Å². The molecule has 44 heavy (non-hydrogen) atoms. The van der Waals surface area contributed by atoms with Crippen LogP contribution >= 0.6 is 23.2 Å². The molecule has 0 atom stereocenters. The van der Waals surface area contributed by atoms with Crippen molar-refractivity contribution < 1.29 is 35.3 Å². The van der Waals surface area contributed by atoms with E-state index in [0.717, 1.165) is 4.90 Å². The minimum absolute atomic E-state index is 0.00901. The highest BCUT2D eigenvalue weighted by Gasteiger charge is 2.52. The van der Waals surface area contributed by atoms with Gasteiger partial charge in [-0.1, -0.05) is 35.3 Å². The molecule has 0 bridgehead atoms. The molecule has 232 valence electrons. The van der Waals surface area contributed by atoms with E-state index in [-0.39, 0.29) is 38.0 Å². The van der Waals surface area contributed by atoms with Crippen LogP contribution in [-0.4, -0.2) is 49.5 Å². The number of hydrogen-bond donors (Lipinski definition) is 1. The number of sulfone groups is 1. The van der Waals surface area contributed by atoms with Crippen molar-refractivity contribution in [3.05, 3.63) is 87.9 Å². The molecular weight excluding hydrogens is 647 g/mol. The molecule has 1 aliphatic rings. The highest BCUT2D eigenvalue weighted by atomic mass is 35.5. The number of anilines is 2. The maximum atomic E-state index is 13.4. The van der Waals surface area contributed by atoms with E-state index in [9.17, 15) is 30.8 Å². The van der Waals surface area contributed by atoms with Crippen LogP contribution in [0.5, 0.6) is 0 Å². The molecule has 0 saturated heterocycles. The van der Waals surface area contributed by atoms with Crippen molar-refractivity contribution >= 4 is 50.3 Å². The number of carbonyl (C=O) groups is 1. The van der Waals surface area contributed by atoms with Gasteiger partial charge in [0.1, 0.15) is 12.4 Å².